The van der Waals surface area contributed by atoms with Crippen molar-refractivity contribution in [3.63, 3.8) is 0 Å². The van der Waals surface area contributed by atoms with E-state index in [4.69, 9.17) is 33.8 Å². The summed E-state index contributed by atoms with van der Waals surface area (Å²) in [5.41, 5.74) is 7.75. The van der Waals surface area contributed by atoms with Gasteiger partial charge in [-0.1, -0.05) is 23.2 Å². The summed E-state index contributed by atoms with van der Waals surface area (Å²) in [5, 5.41) is 0.222. The molecule has 1 rings (SSSR count). The van der Waals surface area contributed by atoms with Crippen LogP contribution in [0.5, 0.6) is 0 Å². The summed E-state index contributed by atoms with van der Waals surface area (Å²) in [4.78, 5) is 15.2. The zero-order valence-electron chi connectivity index (χ0n) is 8.97. The van der Waals surface area contributed by atoms with Crippen LogP contribution in [0.1, 0.15) is 18.5 Å². The predicted octanol–water partition coefficient (Wildman–Crippen LogP) is 2.20. The second kappa shape index (κ2) is 6.16. The van der Waals surface area contributed by atoms with Crippen molar-refractivity contribution in [1.82, 2.24) is 5.48 Å². The lowest BCUT2D eigenvalue weighted by Crippen LogP contribution is -2.27. The van der Waals surface area contributed by atoms with Crippen molar-refractivity contribution in [2.24, 2.45) is 5.73 Å². The first-order valence-electron chi connectivity index (χ1n) is 4.72. The molecule has 0 saturated carbocycles. The van der Waals surface area contributed by atoms with Crippen molar-refractivity contribution in [1.29, 1.82) is 0 Å². The van der Waals surface area contributed by atoms with Crippen molar-refractivity contribution in [3.05, 3.63) is 33.6 Å². The Morgan fingerprint density at radius 1 is 1.59 bits per heavy atom. The van der Waals surface area contributed by atoms with Gasteiger partial charge in [-0.05, 0) is 19.1 Å². The van der Waals surface area contributed by atoms with E-state index < -0.39 is 17.8 Å². The van der Waals surface area contributed by atoms with Gasteiger partial charge < -0.3 is 5.73 Å². The fourth-order valence-corrected chi connectivity index (χ4v) is 1.93. The monoisotopic (exact) mass is 280 g/mol. The van der Waals surface area contributed by atoms with E-state index in [9.17, 15) is 9.18 Å². The molecule has 0 aromatic heterocycles. The molecule has 1 amide bonds. The van der Waals surface area contributed by atoms with Crippen LogP contribution in [0.25, 0.3) is 0 Å². The average Bonchev–Trinajstić information content (AvgIpc) is 2.23. The summed E-state index contributed by atoms with van der Waals surface area (Å²) in [6.07, 6.45) is 0. The Balaban J connectivity index is 2.78. The minimum absolute atomic E-state index is 0.0832. The molecule has 0 fully saturated rings. The van der Waals surface area contributed by atoms with Gasteiger partial charge in [0, 0.05) is 10.6 Å². The Morgan fingerprint density at radius 3 is 2.82 bits per heavy atom. The normalized spacial score (nSPS) is 12.5. The second-order valence-electron chi connectivity index (χ2n) is 3.35. The third-order valence-corrected chi connectivity index (χ3v) is 2.70. The lowest BCUT2D eigenvalue weighted by atomic mass is 10.1. The Bertz CT molecular complexity index is 429. The van der Waals surface area contributed by atoms with Gasteiger partial charge in [-0.15, -0.1) is 0 Å². The van der Waals surface area contributed by atoms with E-state index in [1.807, 2.05) is 0 Å². The molecule has 1 aromatic rings. The van der Waals surface area contributed by atoms with Crippen LogP contribution in [-0.4, -0.2) is 12.5 Å². The molecule has 1 unspecified atom stereocenters. The van der Waals surface area contributed by atoms with Crippen LogP contribution in [0, 0.1) is 5.82 Å². The fourth-order valence-electron chi connectivity index (χ4n) is 1.24. The number of hydroxylamine groups is 1. The Morgan fingerprint density at radius 2 is 2.24 bits per heavy atom. The first kappa shape index (κ1) is 14.2. The SMILES string of the molecule is CC(NOCC(N)=O)c1c(Cl)ccc(F)c1Cl. The lowest BCUT2D eigenvalue weighted by Gasteiger charge is -2.16. The molecule has 0 aliphatic carbocycles. The number of primary amides is 1. The number of rotatable bonds is 5. The van der Waals surface area contributed by atoms with Crippen LogP contribution in [-0.2, 0) is 9.63 Å². The van der Waals surface area contributed by atoms with Gasteiger partial charge in [-0.25, -0.2) is 4.39 Å². The van der Waals surface area contributed by atoms with Gasteiger partial charge in [0.2, 0.25) is 5.91 Å². The first-order chi connectivity index (χ1) is 7.93. The minimum atomic E-state index is -0.624. The average molecular weight is 281 g/mol. The molecule has 0 heterocycles. The molecule has 0 spiro atoms. The number of carbonyl (C=O) groups is 1. The summed E-state index contributed by atoms with van der Waals surface area (Å²) in [7, 11) is 0. The standard InChI is InChI=1S/C10H11Cl2FN2O2/c1-5(15-17-4-8(14)16)9-6(11)2-3-7(13)10(9)12/h2-3,5,15H,4H2,1H3,(H2,14,16). The maximum absolute atomic E-state index is 13.2. The molecular weight excluding hydrogens is 270 g/mol. The Hall–Kier alpha value is -0.880. The Kier molecular flexibility index (Phi) is 5.14. The molecule has 94 valence electrons. The van der Waals surface area contributed by atoms with Crippen molar-refractivity contribution in [2.45, 2.75) is 13.0 Å². The maximum Gasteiger partial charge on any atom is 0.245 e. The topological polar surface area (TPSA) is 64.3 Å². The van der Waals surface area contributed by atoms with Crippen LogP contribution in [0.2, 0.25) is 10.0 Å². The summed E-state index contributed by atoms with van der Waals surface area (Å²) in [6.45, 7) is 1.36. The fraction of sp³-hybridized carbons (Fsp3) is 0.300. The number of halogens is 3. The third-order valence-electron chi connectivity index (χ3n) is 1.99. The number of carbonyl (C=O) groups excluding carboxylic acids is 1. The zero-order valence-corrected chi connectivity index (χ0v) is 10.5. The Labute approximate surface area is 108 Å². The predicted molar refractivity (Wildman–Crippen MR) is 63.1 cm³/mol. The van der Waals surface area contributed by atoms with E-state index in [2.05, 4.69) is 5.48 Å². The lowest BCUT2D eigenvalue weighted by molar-refractivity contribution is -0.126. The van der Waals surface area contributed by atoms with Crippen LogP contribution >= 0.6 is 23.2 Å². The van der Waals surface area contributed by atoms with E-state index in [-0.39, 0.29) is 11.6 Å². The number of benzene rings is 1. The van der Waals surface area contributed by atoms with E-state index in [1.165, 1.54) is 12.1 Å². The maximum atomic E-state index is 13.2. The van der Waals surface area contributed by atoms with Gasteiger partial charge in [0.15, 0.2) is 0 Å². The van der Waals surface area contributed by atoms with Gasteiger partial charge in [0.05, 0.1) is 11.1 Å². The number of amides is 1. The molecule has 7 heteroatoms. The molecule has 1 aromatic carbocycles. The molecule has 1 atom stereocenters. The summed E-state index contributed by atoms with van der Waals surface area (Å²) in [5.74, 6) is -1.20. The third kappa shape index (κ3) is 3.81. The first-order valence-corrected chi connectivity index (χ1v) is 5.48. The quantitative estimate of drug-likeness (QED) is 0.642. The molecule has 3 N–H and O–H groups in total. The van der Waals surface area contributed by atoms with E-state index >= 15 is 0 Å². The van der Waals surface area contributed by atoms with Crippen molar-refractivity contribution in [2.75, 3.05) is 6.61 Å². The van der Waals surface area contributed by atoms with Crippen LogP contribution in [0.3, 0.4) is 0 Å². The number of hydrogen-bond acceptors (Lipinski definition) is 3. The molecule has 17 heavy (non-hydrogen) atoms. The highest BCUT2D eigenvalue weighted by atomic mass is 35.5. The molecular formula is C10H11Cl2FN2O2. The molecule has 0 aliphatic rings. The molecule has 0 bridgehead atoms. The smallest absolute Gasteiger partial charge is 0.245 e. The van der Waals surface area contributed by atoms with Gasteiger partial charge in [-0.2, -0.15) is 5.48 Å². The second-order valence-corrected chi connectivity index (χ2v) is 4.14. The summed E-state index contributed by atoms with van der Waals surface area (Å²) in [6, 6.07) is 2.08. The van der Waals surface area contributed by atoms with Gasteiger partial charge >= 0.3 is 0 Å². The van der Waals surface area contributed by atoms with E-state index in [0.717, 1.165) is 0 Å². The van der Waals surface area contributed by atoms with E-state index in [1.54, 1.807) is 6.92 Å². The van der Waals surface area contributed by atoms with Gasteiger partial charge in [-0.3, -0.25) is 9.63 Å². The molecule has 0 saturated heterocycles. The minimum Gasteiger partial charge on any atom is -0.368 e. The highest BCUT2D eigenvalue weighted by Gasteiger charge is 2.17. The molecule has 0 radical (unpaired) electrons. The van der Waals surface area contributed by atoms with Crippen molar-refractivity contribution < 1.29 is 14.0 Å². The largest absolute Gasteiger partial charge is 0.368 e. The summed E-state index contributed by atoms with van der Waals surface area (Å²) < 4.78 is 13.2. The van der Waals surface area contributed by atoms with Crippen LogP contribution in [0.4, 0.5) is 4.39 Å². The van der Waals surface area contributed by atoms with E-state index in [0.29, 0.717) is 10.6 Å². The van der Waals surface area contributed by atoms with Crippen LogP contribution in [0.15, 0.2) is 12.1 Å². The highest BCUT2D eigenvalue weighted by molar-refractivity contribution is 6.36. The number of nitrogens with one attached hydrogen (secondary N) is 1. The number of nitrogens with two attached hydrogens (primary N) is 1. The summed E-state index contributed by atoms with van der Waals surface area (Å²) >= 11 is 11.7. The van der Waals surface area contributed by atoms with Gasteiger partial charge in [0.25, 0.3) is 0 Å². The molecule has 4 nitrogen and oxygen atoms in total. The van der Waals surface area contributed by atoms with Crippen LogP contribution < -0.4 is 11.2 Å². The zero-order chi connectivity index (χ0) is 13.0. The van der Waals surface area contributed by atoms with Crippen molar-refractivity contribution in [3.8, 4) is 0 Å². The highest BCUT2D eigenvalue weighted by Crippen LogP contribution is 2.32. The number of hydrogen-bond donors (Lipinski definition) is 2. The van der Waals surface area contributed by atoms with Gasteiger partial charge in [0.1, 0.15) is 12.4 Å². The molecule has 0 aliphatic heterocycles. The van der Waals surface area contributed by atoms with Crippen molar-refractivity contribution >= 4 is 29.1 Å².